The summed E-state index contributed by atoms with van der Waals surface area (Å²) in [5, 5.41) is 4.33. The van der Waals surface area contributed by atoms with E-state index in [1.807, 2.05) is 29.0 Å². The van der Waals surface area contributed by atoms with Crippen LogP contribution in [0.3, 0.4) is 0 Å². The summed E-state index contributed by atoms with van der Waals surface area (Å²) in [5.41, 5.74) is 3.47. The maximum atomic E-state index is 13.3. The zero-order valence-corrected chi connectivity index (χ0v) is 19.2. The number of hydrogen-bond acceptors (Lipinski definition) is 5. The van der Waals surface area contributed by atoms with E-state index >= 15 is 0 Å². The molecular formula is C26H18F3N3O2S. The highest BCUT2D eigenvalue weighted by molar-refractivity contribution is 7.08. The van der Waals surface area contributed by atoms with Gasteiger partial charge in [-0.1, -0.05) is 23.8 Å². The van der Waals surface area contributed by atoms with E-state index in [2.05, 4.69) is 27.5 Å². The van der Waals surface area contributed by atoms with Gasteiger partial charge >= 0.3 is 6.18 Å². The Morgan fingerprint density at radius 3 is 2.69 bits per heavy atom. The van der Waals surface area contributed by atoms with Crippen LogP contribution < -0.4 is 10.3 Å². The molecule has 0 bridgehead atoms. The first-order valence-electron chi connectivity index (χ1n) is 10.6. The normalized spacial score (nSPS) is 11.7. The highest BCUT2D eigenvalue weighted by atomic mass is 32.1. The molecule has 3 heterocycles. The quantitative estimate of drug-likeness (QED) is 0.274. The standard InChI is InChI=1S/C26H18F3N3O2S/c1-16-4-5-17(20(11-16)18-8-10-35-14-18)13-32-15-31-24(33)21-12-19(6-7-23(21)32)34-25-22(26(27,28)29)3-2-9-30-25/h2-12,14-15H,13H2,1H3. The average molecular weight is 494 g/mol. The molecule has 5 rings (SSSR count). The molecule has 2 aromatic carbocycles. The zero-order valence-electron chi connectivity index (χ0n) is 18.4. The van der Waals surface area contributed by atoms with E-state index in [9.17, 15) is 18.0 Å². The molecule has 0 saturated carbocycles. The lowest BCUT2D eigenvalue weighted by Crippen LogP contribution is -2.13. The SMILES string of the molecule is Cc1ccc(Cn2cnc(=O)c3cc(Oc4ncccc4C(F)(F)F)ccc32)c(-c2ccsc2)c1. The topological polar surface area (TPSA) is 57.0 Å². The predicted octanol–water partition coefficient (Wildman–Crippen LogP) is 6.69. The number of halogens is 3. The Labute approximate surface area is 202 Å². The van der Waals surface area contributed by atoms with Crippen molar-refractivity contribution in [3.05, 3.63) is 105 Å². The molecule has 0 fully saturated rings. The van der Waals surface area contributed by atoms with Gasteiger partial charge in [-0.15, -0.1) is 0 Å². The second-order valence-electron chi connectivity index (χ2n) is 7.99. The molecule has 5 aromatic rings. The molecule has 9 heteroatoms. The van der Waals surface area contributed by atoms with Crippen molar-refractivity contribution in [1.29, 1.82) is 0 Å². The van der Waals surface area contributed by atoms with Gasteiger partial charge in [0.1, 0.15) is 11.3 Å². The van der Waals surface area contributed by atoms with Gasteiger partial charge in [0.05, 0.1) is 17.2 Å². The van der Waals surface area contributed by atoms with Gasteiger partial charge in [-0.2, -0.15) is 29.5 Å². The summed E-state index contributed by atoms with van der Waals surface area (Å²) < 4.78 is 47.2. The number of benzene rings is 2. The molecule has 0 amide bonds. The Hall–Kier alpha value is -3.98. The number of pyridine rings is 1. The Morgan fingerprint density at radius 1 is 1.06 bits per heavy atom. The molecule has 0 saturated heterocycles. The molecule has 0 aliphatic rings. The Morgan fingerprint density at radius 2 is 1.91 bits per heavy atom. The van der Waals surface area contributed by atoms with Crippen LogP contribution in [0, 0.1) is 6.92 Å². The molecule has 0 spiro atoms. The van der Waals surface area contributed by atoms with E-state index in [-0.39, 0.29) is 11.1 Å². The number of alkyl halides is 3. The van der Waals surface area contributed by atoms with Crippen LogP contribution in [0.1, 0.15) is 16.7 Å². The van der Waals surface area contributed by atoms with Crippen molar-refractivity contribution in [1.82, 2.24) is 14.5 Å². The summed E-state index contributed by atoms with van der Waals surface area (Å²) in [7, 11) is 0. The second kappa shape index (κ2) is 8.99. The first-order chi connectivity index (χ1) is 16.8. The van der Waals surface area contributed by atoms with E-state index < -0.39 is 23.2 Å². The third-order valence-electron chi connectivity index (χ3n) is 5.55. The molecular weight excluding hydrogens is 475 g/mol. The van der Waals surface area contributed by atoms with E-state index in [0.717, 1.165) is 28.3 Å². The van der Waals surface area contributed by atoms with Gasteiger partial charge in [-0.05, 0) is 70.8 Å². The smallest absolute Gasteiger partial charge is 0.421 e. The van der Waals surface area contributed by atoms with E-state index in [1.54, 1.807) is 17.4 Å². The van der Waals surface area contributed by atoms with E-state index in [0.29, 0.717) is 12.1 Å². The van der Waals surface area contributed by atoms with Crippen LogP contribution in [-0.4, -0.2) is 14.5 Å². The lowest BCUT2D eigenvalue weighted by molar-refractivity contribution is -0.138. The van der Waals surface area contributed by atoms with Gasteiger partial charge in [0, 0.05) is 12.7 Å². The third kappa shape index (κ3) is 4.67. The fourth-order valence-electron chi connectivity index (χ4n) is 3.88. The second-order valence-corrected chi connectivity index (χ2v) is 8.77. The Balaban J connectivity index is 1.53. The number of aryl methyl sites for hydroxylation is 1. The van der Waals surface area contributed by atoms with Gasteiger partial charge in [0.15, 0.2) is 0 Å². The molecule has 0 N–H and O–H groups in total. The van der Waals surface area contributed by atoms with E-state index in [1.165, 1.54) is 30.7 Å². The fourth-order valence-corrected chi connectivity index (χ4v) is 4.53. The predicted molar refractivity (Wildman–Crippen MR) is 129 cm³/mol. The largest absolute Gasteiger partial charge is 0.438 e. The molecule has 0 atom stereocenters. The van der Waals surface area contributed by atoms with Crippen molar-refractivity contribution in [2.45, 2.75) is 19.6 Å². The summed E-state index contributed by atoms with van der Waals surface area (Å²) in [6.07, 6.45) is -1.93. The maximum absolute atomic E-state index is 13.3. The van der Waals surface area contributed by atoms with Crippen LogP contribution in [-0.2, 0) is 12.7 Å². The number of hydrogen-bond donors (Lipinski definition) is 0. The summed E-state index contributed by atoms with van der Waals surface area (Å²) in [6, 6.07) is 14.9. The van der Waals surface area contributed by atoms with Crippen molar-refractivity contribution in [3.63, 3.8) is 0 Å². The monoisotopic (exact) mass is 493 g/mol. The van der Waals surface area contributed by atoms with Gasteiger partial charge < -0.3 is 9.30 Å². The van der Waals surface area contributed by atoms with Crippen molar-refractivity contribution in [2.75, 3.05) is 0 Å². The lowest BCUT2D eigenvalue weighted by atomic mass is 9.99. The minimum absolute atomic E-state index is 0.0626. The van der Waals surface area contributed by atoms with Crippen LogP contribution in [0.15, 0.2) is 82.7 Å². The van der Waals surface area contributed by atoms with Crippen LogP contribution in [0.25, 0.3) is 22.0 Å². The third-order valence-corrected chi connectivity index (χ3v) is 6.23. The molecule has 0 aliphatic heterocycles. The number of ether oxygens (including phenoxy) is 1. The van der Waals surface area contributed by atoms with Crippen LogP contribution in [0.5, 0.6) is 11.6 Å². The first-order valence-corrected chi connectivity index (χ1v) is 11.6. The number of thiophene rings is 1. The molecule has 35 heavy (non-hydrogen) atoms. The van der Waals surface area contributed by atoms with Crippen molar-refractivity contribution < 1.29 is 17.9 Å². The lowest BCUT2D eigenvalue weighted by Gasteiger charge is -2.15. The Bertz CT molecular complexity index is 1580. The van der Waals surface area contributed by atoms with Crippen molar-refractivity contribution in [3.8, 4) is 22.8 Å². The fraction of sp³-hybridized carbons (Fsp3) is 0.115. The Kier molecular flexibility index (Phi) is 5.86. The molecule has 176 valence electrons. The van der Waals surface area contributed by atoms with Gasteiger partial charge in [0.2, 0.25) is 5.88 Å². The highest BCUT2D eigenvalue weighted by Crippen LogP contribution is 2.37. The number of fused-ring (bicyclic) bond motifs is 1. The summed E-state index contributed by atoms with van der Waals surface area (Å²) in [6.45, 7) is 2.48. The van der Waals surface area contributed by atoms with E-state index in [4.69, 9.17) is 4.74 Å². The number of aromatic nitrogens is 3. The number of rotatable bonds is 5. The van der Waals surface area contributed by atoms with Crippen molar-refractivity contribution in [2.24, 2.45) is 0 Å². The average Bonchev–Trinajstić information content (AvgIpc) is 3.37. The summed E-state index contributed by atoms with van der Waals surface area (Å²) >= 11 is 1.61. The molecule has 3 aromatic heterocycles. The minimum Gasteiger partial charge on any atom is -0.438 e. The van der Waals surface area contributed by atoms with Crippen LogP contribution >= 0.6 is 11.3 Å². The zero-order chi connectivity index (χ0) is 24.6. The summed E-state index contributed by atoms with van der Waals surface area (Å²) in [5.74, 6) is -0.517. The number of nitrogens with zero attached hydrogens (tertiary/aromatic N) is 3. The summed E-state index contributed by atoms with van der Waals surface area (Å²) in [4.78, 5) is 20.2. The van der Waals surface area contributed by atoms with Gasteiger partial charge in [-0.25, -0.2) is 4.98 Å². The highest BCUT2D eigenvalue weighted by Gasteiger charge is 2.35. The molecule has 0 radical (unpaired) electrons. The van der Waals surface area contributed by atoms with Gasteiger partial charge in [0.25, 0.3) is 5.56 Å². The van der Waals surface area contributed by atoms with Crippen molar-refractivity contribution >= 4 is 22.2 Å². The van der Waals surface area contributed by atoms with Gasteiger partial charge in [-0.3, -0.25) is 4.79 Å². The molecule has 5 nitrogen and oxygen atoms in total. The molecule has 0 unspecified atom stereocenters. The minimum atomic E-state index is -4.62. The molecule has 0 aliphatic carbocycles. The van der Waals surface area contributed by atoms with Crippen LogP contribution in [0.4, 0.5) is 13.2 Å². The first kappa shape index (κ1) is 22.8. The van der Waals surface area contributed by atoms with Crippen LogP contribution in [0.2, 0.25) is 0 Å². The maximum Gasteiger partial charge on any atom is 0.421 e.